The molecule has 0 bridgehead atoms. The van der Waals surface area contributed by atoms with Crippen LogP contribution in [0.4, 0.5) is 0 Å². The van der Waals surface area contributed by atoms with Gasteiger partial charge < -0.3 is 14.6 Å². The molecule has 1 N–H and O–H groups in total. The van der Waals surface area contributed by atoms with Gasteiger partial charge in [-0.1, -0.05) is 38.8 Å². The summed E-state index contributed by atoms with van der Waals surface area (Å²) in [5, 5.41) is 10.4. The Kier molecular flexibility index (Phi) is 7.53. The fourth-order valence-electron chi connectivity index (χ4n) is 2.01. The summed E-state index contributed by atoms with van der Waals surface area (Å²) in [5.74, 6) is 0.801. The average molecular weight is 266 g/mol. The molecule has 0 aliphatic heterocycles. The van der Waals surface area contributed by atoms with Crippen LogP contribution in [0.1, 0.15) is 51.2 Å². The molecule has 3 heteroatoms. The first kappa shape index (κ1) is 16.0. The van der Waals surface area contributed by atoms with Crippen LogP contribution in [0.3, 0.4) is 0 Å². The van der Waals surface area contributed by atoms with Gasteiger partial charge in [-0.05, 0) is 30.5 Å². The first-order valence-electron chi connectivity index (χ1n) is 7.16. The summed E-state index contributed by atoms with van der Waals surface area (Å²) in [6.45, 7) is 4.96. The zero-order chi connectivity index (χ0) is 14.1. The van der Waals surface area contributed by atoms with E-state index in [2.05, 4.69) is 13.8 Å². The molecule has 0 saturated carbocycles. The van der Waals surface area contributed by atoms with Crippen molar-refractivity contribution >= 4 is 0 Å². The van der Waals surface area contributed by atoms with Gasteiger partial charge in [0, 0.05) is 6.61 Å². The van der Waals surface area contributed by atoms with Crippen LogP contribution in [0, 0.1) is 0 Å². The lowest BCUT2D eigenvalue weighted by atomic mass is 10.0. The number of methoxy groups -OCH3 is 1. The van der Waals surface area contributed by atoms with E-state index in [0.29, 0.717) is 6.61 Å². The molecule has 0 saturated heterocycles. The second-order valence-corrected chi connectivity index (χ2v) is 4.77. The molecule has 0 heterocycles. The van der Waals surface area contributed by atoms with Crippen LogP contribution < -0.4 is 4.74 Å². The smallest absolute Gasteiger partial charge is 0.118 e. The van der Waals surface area contributed by atoms with Gasteiger partial charge in [0.15, 0.2) is 0 Å². The highest BCUT2D eigenvalue weighted by Crippen LogP contribution is 2.24. The molecule has 1 rings (SSSR count). The van der Waals surface area contributed by atoms with Crippen LogP contribution in [-0.4, -0.2) is 24.9 Å². The van der Waals surface area contributed by atoms with Gasteiger partial charge in [-0.15, -0.1) is 0 Å². The molecule has 0 radical (unpaired) electrons. The molecule has 0 aromatic heterocycles. The van der Waals surface area contributed by atoms with E-state index in [1.807, 2.05) is 24.3 Å². The Morgan fingerprint density at radius 1 is 1.11 bits per heavy atom. The number of benzene rings is 1. The summed E-state index contributed by atoms with van der Waals surface area (Å²) in [6.07, 6.45) is 3.33. The largest absolute Gasteiger partial charge is 0.497 e. The Morgan fingerprint density at radius 2 is 1.79 bits per heavy atom. The highest BCUT2D eigenvalue weighted by molar-refractivity contribution is 5.28. The van der Waals surface area contributed by atoms with E-state index in [4.69, 9.17) is 9.47 Å². The van der Waals surface area contributed by atoms with Gasteiger partial charge in [-0.25, -0.2) is 0 Å². The van der Waals surface area contributed by atoms with E-state index in [9.17, 15) is 5.11 Å². The molecule has 3 nitrogen and oxygen atoms in total. The summed E-state index contributed by atoms with van der Waals surface area (Å²) in [6, 6.07) is 7.53. The second kappa shape index (κ2) is 8.94. The third kappa shape index (κ3) is 5.21. The third-order valence-electron chi connectivity index (χ3n) is 3.21. The highest BCUT2D eigenvalue weighted by Gasteiger charge is 2.20. The lowest BCUT2D eigenvalue weighted by Gasteiger charge is -2.23. The Balaban J connectivity index is 2.64. The number of hydrogen-bond acceptors (Lipinski definition) is 3. The van der Waals surface area contributed by atoms with Crippen LogP contribution >= 0.6 is 0 Å². The zero-order valence-electron chi connectivity index (χ0n) is 12.3. The van der Waals surface area contributed by atoms with Crippen LogP contribution in [0.25, 0.3) is 0 Å². The number of hydrogen-bond donors (Lipinski definition) is 1. The van der Waals surface area contributed by atoms with Gasteiger partial charge in [-0.3, -0.25) is 0 Å². The predicted molar refractivity (Wildman–Crippen MR) is 77.5 cm³/mol. The lowest BCUT2D eigenvalue weighted by Crippen LogP contribution is -2.22. The fraction of sp³-hybridized carbons (Fsp3) is 0.625. The highest BCUT2D eigenvalue weighted by atomic mass is 16.5. The van der Waals surface area contributed by atoms with E-state index in [0.717, 1.165) is 37.0 Å². The van der Waals surface area contributed by atoms with E-state index < -0.39 is 6.10 Å². The molecule has 1 aromatic carbocycles. The Morgan fingerprint density at radius 3 is 2.32 bits per heavy atom. The van der Waals surface area contributed by atoms with Crippen LogP contribution in [0.15, 0.2) is 24.3 Å². The zero-order valence-corrected chi connectivity index (χ0v) is 12.3. The fourth-order valence-corrected chi connectivity index (χ4v) is 2.01. The van der Waals surface area contributed by atoms with Gasteiger partial charge in [0.25, 0.3) is 0 Å². The van der Waals surface area contributed by atoms with Crippen molar-refractivity contribution in [1.29, 1.82) is 0 Å². The van der Waals surface area contributed by atoms with E-state index >= 15 is 0 Å². The van der Waals surface area contributed by atoms with Crippen molar-refractivity contribution in [3.8, 4) is 5.75 Å². The molecule has 0 aliphatic carbocycles. The molecule has 19 heavy (non-hydrogen) atoms. The minimum Gasteiger partial charge on any atom is -0.497 e. The van der Waals surface area contributed by atoms with Crippen LogP contribution in [-0.2, 0) is 4.74 Å². The first-order valence-corrected chi connectivity index (χ1v) is 7.16. The SMILES string of the molecule is CCCCO[C@H](CCC)[C@H](O)c1ccc(OC)cc1. The summed E-state index contributed by atoms with van der Waals surface area (Å²) in [5.41, 5.74) is 0.885. The van der Waals surface area contributed by atoms with Gasteiger partial charge in [0.2, 0.25) is 0 Å². The number of aliphatic hydroxyl groups is 1. The van der Waals surface area contributed by atoms with Gasteiger partial charge in [0.1, 0.15) is 11.9 Å². The summed E-state index contributed by atoms with van der Waals surface area (Å²) in [4.78, 5) is 0. The Labute approximate surface area is 116 Å². The molecule has 0 spiro atoms. The van der Waals surface area contributed by atoms with Crippen LogP contribution in [0.2, 0.25) is 0 Å². The van der Waals surface area contributed by atoms with Gasteiger partial charge >= 0.3 is 0 Å². The monoisotopic (exact) mass is 266 g/mol. The van der Waals surface area contributed by atoms with Crippen molar-refractivity contribution in [1.82, 2.24) is 0 Å². The third-order valence-corrected chi connectivity index (χ3v) is 3.21. The van der Waals surface area contributed by atoms with Gasteiger partial charge in [0.05, 0.1) is 13.2 Å². The van der Waals surface area contributed by atoms with Crippen molar-refractivity contribution in [2.45, 2.75) is 51.7 Å². The van der Waals surface area contributed by atoms with Crippen molar-refractivity contribution < 1.29 is 14.6 Å². The maximum absolute atomic E-state index is 10.4. The quantitative estimate of drug-likeness (QED) is 0.692. The maximum atomic E-state index is 10.4. The molecule has 0 unspecified atom stereocenters. The number of ether oxygens (including phenoxy) is 2. The van der Waals surface area contributed by atoms with Crippen molar-refractivity contribution in [2.75, 3.05) is 13.7 Å². The molecular formula is C16H26O3. The molecule has 2 atom stereocenters. The van der Waals surface area contributed by atoms with Gasteiger partial charge in [-0.2, -0.15) is 0 Å². The van der Waals surface area contributed by atoms with E-state index in [1.165, 1.54) is 0 Å². The molecular weight excluding hydrogens is 240 g/mol. The summed E-state index contributed by atoms with van der Waals surface area (Å²) < 4.78 is 10.9. The standard InChI is InChI=1S/C16H26O3/c1-4-6-12-19-15(7-5-2)16(17)13-8-10-14(18-3)11-9-13/h8-11,15-17H,4-7,12H2,1-3H3/t15-,16-/m1/s1. The number of aliphatic hydroxyl groups excluding tert-OH is 1. The number of rotatable bonds is 9. The van der Waals surface area contributed by atoms with Crippen molar-refractivity contribution in [3.63, 3.8) is 0 Å². The number of unbranched alkanes of at least 4 members (excludes halogenated alkanes) is 1. The molecule has 1 aromatic rings. The van der Waals surface area contributed by atoms with Crippen molar-refractivity contribution in [2.24, 2.45) is 0 Å². The Hall–Kier alpha value is -1.06. The van der Waals surface area contributed by atoms with Crippen molar-refractivity contribution in [3.05, 3.63) is 29.8 Å². The molecule has 0 aliphatic rings. The minimum absolute atomic E-state index is 0.120. The van der Waals surface area contributed by atoms with Crippen LogP contribution in [0.5, 0.6) is 5.75 Å². The predicted octanol–water partition coefficient (Wildman–Crippen LogP) is 3.71. The topological polar surface area (TPSA) is 38.7 Å². The molecule has 0 fully saturated rings. The second-order valence-electron chi connectivity index (χ2n) is 4.77. The maximum Gasteiger partial charge on any atom is 0.118 e. The lowest BCUT2D eigenvalue weighted by molar-refractivity contribution is -0.0441. The minimum atomic E-state index is -0.567. The normalized spacial score (nSPS) is 14.1. The van der Waals surface area contributed by atoms with E-state index in [1.54, 1.807) is 7.11 Å². The average Bonchev–Trinajstić information content (AvgIpc) is 2.46. The summed E-state index contributed by atoms with van der Waals surface area (Å²) in [7, 11) is 1.64. The summed E-state index contributed by atoms with van der Waals surface area (Å²) >= 11 is 0. The molecule has 0 amide bonds. The first-order chi connectivity index (χ1) is 9.22. The van der Waals surface area contributed by atoms with E-state index in [-0.39, 0.29) is 6.10 Å². The molecule has 108 valence electrons. The Bertz CT molecular complexity index is 334.